The number of nitrogens with zero attached hydrogens (tertiary/aromatic N) is 2. The van der Waals surface area contributed by atoms with E-state index in [2.05, 4.69) is 25.9 Å². The van der Waals surface area contributed by atoms with Crippen molar-refractivity contribution in [3.8, 4) is 5.75 Å². The highest BCUT2D eigenvalue weighted by atomic mass is 79.9. The molecule has 0 aromatic carbocycles. The number of carbonyl (C=O) groups is 1. The predicted molar refractivity (Wildman–Crippen MR) is 82.7 cm³/mol. The van der Waals surface area contributed by atoms with Gasteiger partial charge in [-0.25, -0.2) is 0 Å². The molecule has 0 bridgehead atoms. The minimum Gasteiger partial charge on any atom is -0.483 e. The van der Waals surface area contributed by atoms with E-state index in [0.29, 0.717) is 17.4 Å². The van der Waals surface area contributed by atoms with Crippen LogP contribution in [0.3, 0.4) is 0 Å². The molecule has 2 aromatic heterocycles. The molecule has 1 fully saturated rings. The van der Waals surface area contributed by atoms with Gasteiger partial charge in [-0.3, -0.25) is 14.8 Å². The highest BCUT2D eigenvalue weighted by Crippen LogP contribution is 2.39. The van der Waals surface area contributed by atoms with Gasteiger partial charge in [-0.15, -0.1) is 0 Å². The third-order valence-corrected chi connectivity index (χ3v) is 3.92. The van der Waals surface area contributed by atoms with Crippen LogP contribution >= 0.6 is 15.9 Å². The van der Waals surface area contributed by atoms with Crippen molar-refractivity contribution in [3.05, 3.63) is 52.0 Å². The van der Waals surface area contributed by atoms with Gasteiger partial charge in [0.1, 0.15) is 11.4 Å². The lowest BCUT2D eigenvalue weighted by atomic mass is 10.1. The van der Waals surface area contributed by atoms with E-state index in [1.165, 1.54) is 18.4 Å². The summed E-state index contributed by atoms with van der Waals surface area (Å²) in [5.74, 6) is 1.12. The van der Waals surface area contributed by atoms with Gasteiger partial charge in [-0.1, -0.05) is 6.07 Å². The van der Waals surface area contributed by atoms with Crippen molar-refractivity contribution < 1.29 is 9.53 Å². The molecule has 108 valence electrons. The first-order chi connectivity index (χ1) is 10.1. The second kappa shape index (κ2) is 5.93. The lowest BCUT2D eigenvalue weighted by molar-refractivity contribution is 0.0915. The molecule has 0 aliphatic heterocycles. The number of halogens is 1. The number of pyridine rings is 2. The number of Topliss-reactive ketones (excluding diaryl/α,β-unsaturated/α-hetero) is 1. The minimum absolute atomic E-state index is 0.0330. The molecule has 3 rings (SSSR count). The molecule has 21 heavy (non-hydrogen) atoms. The standard InChI is InChI=1S/C16H15BrN2O2/c1-10-16(6-13(17)8-18-10)21-9-15(20)14-5-4-12(7-19-14)11-2-3-11/h4-8,11H,2-3,9H2,1H3. The van der Waals surface area contributed by atoms with Gasteiger partial charge in [0.25, 0.3) is 0 Å². The van der Waals surface area contributed by atoms with Crippen LogP contribution in [0.15, 0.2) is 35.1 Å². The molecule has 2 aromatic rings. The van der Waals surface area contributed by atoms with Crippen LogP contribution < -0.4 is 4.74 Å². The zero-order valence-corrected chi connectivity index (χ0v) is 13.3. The third kappa shape index (κ3) is 3.47. The Bertz CT molecular complexity index is 666. The molecule has 1 aliphatic rings. The molecule has 0 amide bonds. The summed E-state index contributed by atoms with van der Waals surface area (Å²) in [6, 6.07) is 5.58. The van der Waals surface area contributed by atoms with E-state index in [1.54, 1.807) is 24.5 Å². The largest absolute Gasteiger partial charge is 0.483 e. The molecule has 0 radical (unpaired) electrons. The Morgan fingerprint density at radius 1 is 1.33 bits per heavy atom. The Morgan fingerprint density at radius 2 is 2.14 bits per heavy atom. The van der Waals surface area contributed by atoms with Gasteiger partial charge in [-0.05, 0) is 59.3 Å². The van der Waals surface area contributed by atoms with E-state index in [1.807, 2.05) is 13.0 Å². The summed E-state index contributed by atoms with van der Waals surface area (Å²) in [7, 11) is 0. The van der Waals surface area contributed by atoms with Crippen molar-refractivity contribution in [1.29, 1.82) is 0 Å². The lowest BCUT2D eigenvalue weighted by Crippen LogP contribution is -2.13. The molecule has 2 heterocycles. The second-order valence-corrected chi connectivity index (χ2v) is 6.12. The smallest absolute Gasteiger partial charge is 0.218 e. The number of ether oxygens (including phenoxy) is 1. The average Bonchev–Trinajstić information content (AvgIpc) is 3.33. The SMILES string of the molecule is Cc1ncc(Br)cc1OCC(=O)c1ccc(C2CC2)cn1. The van der Waals surface area contributed by atoms with Crippen LogP contribution in [0, 0.1) is 6.92 Å². The van der Waals surface area contributed by atoms with Crippen LogP contribution in [0.5, 0.6) is 5.75 Å². The molecule has 4 nitrogen and oxygen atoms in total. The highest BCUT2D eigenvalue weighted by molar-refractivity contribution is 9.10. The maximum Gasteiger partial charge on any atom is 0.218 e. The van der Waals surface area contributed by atoms with Gasteiger partial charge in [-0.2, -0.15) is 0 Å². The van der Waals surface area contributed by atoms with E-state index >= 15 is 0 Å². The number of carbonyl (C=O) groups excluding carboxylic acids is 1. The Hall–Kier alpha value is -1.75. The van der Waals surface area contributed by atoms with Crippen molar-refractivity contribution in [2.24, 2.45) is 0 Å². The first-order valence-electron chi connectivity index (χ1n) is 6.87. The number of ketones is 1. The summed E-state index contributed by atoms with van der Waals surface area (Å²) >= 11 is 3.34. The Morgan fingerprint density at radius 3 is 2.81 bits per heavy atom. The molecule has 0 N–H and O–H groups in total. The van der Waals surface area contributed by atoms with E-state index in [0.717, 1.165) is 10.2 Å². The Labute approximate surface area is 131 Å². The highest BCUT2D eigenvalue weighted by Gasteiger charge is 2.23. The molecule has 0 unspecified atom stereocenters. The number of rotatable bonds is 5. The van der Waals surface area contributed by atoms with Crippen LogP contribution in [0.25, 0.3) is 0 Å². The predicted octanol–water partition coefficient (Wildman–Crippen LogP) is 3.69. The summed E-state index contributed by atoms with van der Waals surface area (Å²) in [4.78, 5) is 20.5. The van der Waals surface area contributed by atoms with Crippen LogP contribution in [-0.2, 0) is 0 Å². The fourth-order valence-corrected chi connectivity index (χ4v) is 2.39. The van der Waals surface area contributed by atoms with Crippen molar-refractivity contribution >= 4 is 21.7 Å². The van der Waals surface area contributed by atoms with Crippen molar-refractivity contribution in [2.75, 3.05) is 6.61 Å². The number of hydrogen-bond acceptors (Lipinski definition) is 4. The van der Waals surface area contributed by atoms with E-state index in [-0.39, 0.29) is 12.4 Å². The summed E-state index contributed by atoms with van der Waals surface area (Å²) in [5.41, 5.74) is 2.42. The zero-order valence-electron chi connectivity index (χ0n) is 11.7. The third-order valence-electron chi connectivity index (χ3n) is 3.49. The van der Waals surface area contributed by atoms with Gasteiger partial charge >= 0.3 is 0 Å². The van der Waals surface area contributed by atoms with Crippen molar-refractivity contribution in [1.82, 2.24) is 9.97 Å². The average molecular weight is 347 g/mol. The summed E-state index contributed by atoms with van der Waals surface area (Å²) in [5, 5.41) is 0. The molecule has 1 aliphatic carbocycles. The molecule has 1 saturated carbocycles. The fourth-order valence-electron chi connectivity index (χ4n) is 2.08. The lowest BCUT2D eigenvalue weighted by Gasteiger charge is -2.08. The monoisotopic (exact) mass is 346 g/mol. The summed E-state index contributed by atoms with van der Waals surface area (Å²) in [6.07, 6.45) is 5.96. The molecular formula is C16H15BrN2O2. The van der Waals surface area contributed by atoms with E-state index < -0.39 is 0 Å². The normalized spacial score (nSPS) is 14.0. The van der Waals surface area contributed by atoms with Crippen molar-refractivity contribution in [3.63, 3.8) is 0 Å². The number of aromatic nitrogens is 2. The van der Waals surface area contributed by atoms with E-state index in [4.69, 9.17) is 4.74 Å². The number of hydrogen-bond donors (Lipinski definition) is 0. The molecule has 0 atom stereocenters. The maximum absolute atomic E-state index is 12.1. The molecular weight excluding hydrogens is 332 g/mol. The van der Waals surface area contributed by atoms with Gasteiger partial charge in [0, 0.05) is 16.9 Å². The minimum atomic E-state index is -0.128. The van der Waals surface area contributed by atoms with Crippen molar-refractivity contribution in [2.45, 2.75) is 25.7 Å². The van der Waals surface area contributed by atoms with Gasteiger partial charge in [0.15, 0.2) is 6.61 Å². The topological polar surface area (TPSA) is 52.1 Å². The van der Waals surface area contributed by atoms with Gasteiger partial charge < -0.3 is 4.74 Å². The van der Waals surface area contributed by atoms with Crippen LogP contribution in [0.1, 0.15) is 40.5 Å². The summed E-state index contributed by atoms with van der Waals surface area (Å²) < 4.78 is 6.36. The molecule has 0 saturated heterocycles. The molecule has 5 heteroatoms. The quantitative estimate of drug-likeness (QED) is 0.774. The summed E-state index contributed by atoms with van der Waals surface area (Å²) in [6.45, 7) is 1.81. The van der Waals surface area contributed by atoms with Gasteiger partial charge in [0.2, 0.25) is 5.78 Å². The Kier molecular flexibility index (Phi) is 4.01. The van der Waals surface area contributed by atoms with Crippen LogP contribution in [-0.4, -0.2) is 22.4 Å². The van der Waals surface area contributed by atoms with Crippen LogP contribution in [0.2, 0.25) is 0 Å². The fraction of sp³-hybridized carbons (Fsp3) is 0.312. The number of aryl methyl sites for hydroxylation is 1. The first-order valence-corrected chi connectivity index (χ1v) is 7.67. The van der Waals surface area contributed by atoms with Crippen LogP contribution in [0.4, 0.5) is 0 Å². The molecule has 0 spiro atoms. The van der Waals surface area contributed by atoms with Gasteiger partial charge in [0.05, 0.1) is 5.69 Å². The Balaban J connectivity index is 1.64. The van der Waals surface area contributed by atoms with E-state index in [9.17, 15) is 4.79 Å². The second-order valence-electron chi connectivity index (χ2n) is 5.20. The first kappa shape index (κ1) is 14.2. The maximum atomic E-state index is 12.1. The zero-order chi connectivity index (χ0) is 14.8.